The third kappa shape index (κ3) is 82.5. The lowest BCUT2D eigenvalue weighted by Gasteiger charge is -2.21. The third-order valence-corrected chi connectivity index (χ3v) is 19.7. The van der Waals surface area contributed by atoms with Crippen LogP contribution >= 0.6 is 15.6 Å². The van der Waals surface area contributed by atoms with Crippen molar-refractivity contribution in [2.45, 2.75) is 373 Å². The second kappa shape index (κ2) is 81.2. The third-order valence-electron chi connectivity index (χ3n) is 17.8. The molecule has 0 heterocycles. The second-order valence-corrected chi connectivity index (χ2v) is 31.1. The summed E-state index contributed by atoms with van der Waals surface area (Å²) in [6.07, 6.45) is 99.5. The van der Waals surface area contributed by atoms with Crippen molar-refractivity contribution in [3.05, 3.63) is 134 Å². The summed E-state index contributed by atoms with van der Waals surface area (Å²) in [4.78, 5) is 58.7. The number of rotatable bonds is 80. The van der Waals surface area contributed by atoms with Crippen LogP contribution in [0.15, 0.2) is 134 Å². The molecule has 0 radical (unpaired) electrons. The number of phosphoric acid groups is 2. The van der Waals surface area contributed by atoms with Crippen molar-refractivity contribution in [1.29, 1.82) is 0 Å². The van der Waals surface area contributed by atoms with Gasteiger partial charge in [0.1, 0.15) is 25.4 Å². The maximum absolute atomic E-state index is 13.0. The summed E-state index contributed by atoms with van der Waals surface area (Å²) in [6, 6.07) is 0. The summed E-state index contributed by atoms with van der Waals surface area (Å²) in [6.45, 7) is 2.45. The molecular weight excluding hydrogens is 1390 g/mol. The fraction of sp³-hybridized carbons (Fsp3) is 0.719. The number of aliphatic hydroxyl groups is 2. The fourth-order valence-electron chi connectivity index (χ4n) is 11.4. The number of esters is 3. The van der Waals surface area contributed by atoms with Gasteiger partial charge in [0, 0.05) is 19.3 Å². The Morgan fingerprint density at radius 2 is 0.495 bits per heavy atom. The number of allylic oxidation sites excluding steroid dienone is 22. The minimum atomic E-state index is -4.94. The number of hydrogen-bond donors (Lipinski definition) is 4. The molecule has 5 atom stereocenters. The first-order valence-electron chi connectivity index (χ1n) is 42.5. The molecule has 5 unspecified atom stereocenters. The number of aliphatic hydroxyl groups excluding tert-OH is 2. The van der Waals surface area contributed by atoms with Crippen molar-refractivity contribution in [3.8, 4) is 0 Å². The van der Waals surface area contributed by atoms with E-state index in [4.69, 9.17) is 32.3 Å². The standard InChI is InChI=1S/C89H154O16P2/c1-4-7-10-13-16-19-22-25-27-29-31-33-35-36-37-38-39-40-41-42-43-44-45-46-48-50-51-53-55-58-60-63-66-69-72-75-87(92)99-78-84(90)79-101-106(95,96)102-80-85(91)81-103-107(97,98)104-83-86(105-89(94)77-74-71-68-65-62-57-24-21-18-15-12-9-6-3)82-100-88(93)76-73-70-67-64-61-59-56-54-52-49-47-34-32-30-28-26-23-20-17-14-11-8-5-2/h7-8,10-11,16-17,19-21,24-28,31-34,36-37,49,52,84-86,90-91H,4-6,9,12-15,18,22-23,29-30,35,38-48,50-51,53-83H2,1-3H3,(H,95,96)(H,97,98)/b10-7-,11-8-,19-16-,20-17-,24-21-,27-25-,28-26-,33-31-,34-32-,37-36-,52-49-. The average Bonchev–Trinajstić information content (AvgIpc) is 0.909. The summed E-state index contributed by atoms with van der Waals surface area (Å²) in [5, 5.41) is 20.7. The smallest absolute Gasteiger partial charge is 0.463 e. The molecule has 0 rings (SSSR count). The van der Waals surface area contributed by atoms with Crippen LogP contribution in [-0.4, -0.2) is 95.9 Å². The molecular formula is C89H154O16P2. The van der Waals surface area contributed by atoms with Crippen molar-refractivity contribution in [2.75, 3.05) is 39.6 Å². The Hall–Kier alpha value is -4.31. The minimum Gasteiger partial charge on any atom is -0.463 e. The highest BCUT2D eigenvalue weighted by Gasteiger charge is 2.29. The summed E-state index contributed by atoms with van der Waals surface area (Å²) < 4.78 is 61.2. The zero-order valence-electron chi connectivity index (χ0n) is 67.5. The lowest BCUT2D eigenvalue weighted by atomic mass is 10.0. The van der Waals surface area contributed by atoms with E-state index in [1.54, 1.807) is 0 Å². The first-order valence-corrected chi connectivity index (χ1v) is 45.5. The average molecular weight is 1540 g/mol. The fourth-order valence-corrected chi connectivity index (χ4v) is 13.0. The van der Waals surface area contributed by atoms with Gasteiger partial charge >= 0.3 is 33.6 Å². The van der Waals surface area contributed by atoms with Gasteiger partial charge in [0.05, 0.1) is 26.4 Å². The van der Waals surface area contributed by atoms with E-state index in [-0.39, 0.29) is 19.3 Å². The van der Waals surface area contributed by atoms with Gasteiger partial charge in [0.2, 0.25) is 0 Å². The van der Waals surface area contributed by atoms with Crippen LogP contribution in [0.3, 0.4) is 0 Å². The molecule has 0 aromatic rings. The molecule has 0 saturated heterocycles. The van der Waals surface area contributed by atoms with E-state index < -0.39 is 91.5 Å². The van der Waals surface area contributed by atoms with Gasteiger partial charge in [0.15, 0.2) is 6.10 Å². The predicted octanol–water partition coefficient (Wildman–Crippen LogP) is 25.4. The lowest BCUT2D eigenvalue weighted by molar-refractivity contribution is -0.161. The Labute approximate surface area is 652 Å². The maximum Gasteiger partial charge on any atom is 0.472 e. The van der Waals surface area contributed by atoms with Gasteiger partial charge in [-0.3, -0.25) is 32.5 Å². The predicted molar refractivity (Wildman–Crippen MR) is 445 cm³/mol. The van der Waals surface area contributed by atoms with Crippen LogP contribution in [0.5, 0.6) is 0 Å². The first-order chi connectivity index (χ1) is 52.2. The van der Waals surface area contributed by atoms with Gasteiger partial charge in [0.25, 0.3) is 0 Å². The van der Waals surface area contributed by atoms with Crippen molar-refractivity contribution in [2.24, 2.45) is 0 Å². The molecule has 0 spiro atoms. The highest BCUT2D eigenvalue weighted by molar-refractivity contribution is 7.47. The molecule has 0 aromatic carbocycles. The minimum absolute atomic E-state index is 0.0906. The zero-order chi connectivity index (χ0) is 78.0. The summed E-state index contributed by atoms with van der Waals surface area (Å²) in [5.74, 6) is -1.59. The quantitative estimate of drug-likeness (QED) is 0.0146. The molecule has 0 aliphatic carbocycles. The number of unbranched alkanes of at least 4 members (excludes halogenated alkanes) is 35. The Bertz CT molecular complexity index is 2480. The van der Waals surface area contributed by atoms with Crippen LogP contribution in [0.2, 0.25) is 0 Å². The van der Waals surface area contributed by atoms with Gasteiger partial charge in [-0.15, -0.1) is 0 Å². The molecule has 0 fully saturated rings. The highest BCUT2D eigenvalue weighted by Crippen LogP contribution is 2.45. The molecule has 0 bridgehead atoms. The normalized spacial score (nSPS) is 14.6. The van der Waals surface area contributed by atoms with Gasteiger partial charge in [-0.05, 0) is 135 Å². The van der Waals surface area contributed by atoms with E-state index in [0.29, 0.717) is 19.3 Å². The molecule has 0 aromatic heterocycles. The monoisotopic (exact) mass is 1540 g/mol. The van der Waals surface area contributed by atoms with Crippen molar-refractivity contribution >= 4 is 33.6 Å². The van der Waals surface area contributed by atoms with Gasteiger partial charge in [-0.2, -0.15) is 0 Å². The molecule has 0 aliphatic rings. The Morgan fingerprint density at radius 3 is 0.794 bits per heavy atom. The molecule has 16 nitrogen and oxygen atoms in total. The molecule has 616 valence electrons. The van der Waals surface area contributed by atoms with Crippen LogP contribution < -0.4 is 0 Å². The van der Waals surface area contributed by atoms with E-state index >= 15 is 0 Å². The molecule has 4 N–H and O–H groups in total. The van der Waals surface area contributed by atoms with E-state index in [1.807, 2.05) is 0 Å². The Morgan fingerprint density at radius 1 is 0.271 bits per heavy atom. The topological polar surface area (TPSA) is 231 Å². The zero-order valence-corrected chi connectivity index (χ0v) is 69.3. The van der Waals surface area contributed by atoms with E-state index in [9.17, 15) is 43.5 Å². The van der Waals surface area contributed by atoms with Crippen LogP contribution in [0, 0.1) is 0 Å². The van der Waals surface area contributed by atoms with Crippen LogP contribution in [0.25, 0.3) is 0 Å². The van der Waals surface area contributed by atoms with Gasteiger partial charge in [-0.25, -0.2) is 9.13 Å². The van der Waals surface area contributed by atoms with Crippen LogP contribution in [-0.2, 0) is 55.8 Å². The summed E-state index contributed by atoms with van der Waals surface area (Å²) >= 11 is 0. The van der Waals surface area contributed by atoms with Crippen molar-refractivity contribution in [3.63, 3.8) is 0 Å². The van der Waals surface area contributed by atoms with Crippen LogP contribution in [0.4, 0.5) is 0 Å². The molecule has 0 aliphatic heterocycles. The van der Waals surface area contributed by atoms with E-state index in [1.165, 1.54) is 128 Å². The molecule has 18 heteroatoms. The molecule has 107 heavy (non-hydrogen) atoms. The van der Waals surface area contributed by atoms with Crippen molar-refractivity contribution in [1.82, 2.24) is 0 Å². The van der Waals surface area contributed by atoms with Crippen LogP contribution in [0.1, 0.15) is 355 Å². The first kappa shape index (κ1) is 103. The number of carbonyl (C=O) groups is 3. The Kier molecular flexibility index (Phi) is 77.9. The largest absolute Gasteiger partial charge is 0.472 e. The summed E-state index contributed by atoms with van der Waals surface area (Å²) in [5.41, 5.74) is 0. The lowest BCUT2D eigenvalue weighted by Crippen LogP contribution is -2.30. The van der Waals surface area contributed by atoms with Gasteiger partial charge < -0.3 is 34.2 Å². The van der Waals surface area contributed by atoms with E-state index in [2.05, 4.69) is 154 Å². The highest BCUT2D eigenvalue weighted by atomic mass is 31.2. The Balaban J connectivity index is 4.39. The van der Waals surface area contributed by atoms with Crippen molar-refractivity contribution < 1.29 is 75.8 Å². The number of phosphoric ester groups is 2. The molecule has 0 saturated carbocycles. The summed E-state index contributed by atoms with van der Waals surface area (Å²) in [7, 11) is -9.79. The van der Waals surface area contributed by atoms with E-state index in [0.717, 1.165) is 167 Å². The number of carbonyl (C=O) groups excluding carboxylic acids is 3. The maximum atomic E-state index is 13.0. The second-order valence-electron chi connectivity index (χ2n) is 28.2. The number of ether oxygens (including phenoxy) is 3. The van der Waals surface area contributed by atoms with Gasteiger partial charge in [-0.1, -0.05) is 334 Å². The SMILES string of the molecule is CC/C=C\C/C=C\C/C=C\C/C=C\C/C=C\CCCCCCCCCCCCCCCCCCCCCC(=O)OCC(O)COP(=O)(O)OCC(O)COP(=O)(O)OCC(COC(=O)CCCCCCCCC/C=C\C/C=C\C/C=C\C/C=C\C/C=C\CC)OC(=O)CCCCCCC/C=C\CCCCCC. The number of hydrogen-bond acceptors (Lipinski definition) is 14. The molecule has 0 amide bonds.